The lowest BCUT2D eigenvalue weighted by molar-refractivity contribution is 0.101. The molecule has 0 radical (unpaired) electrons. The monoisotopic (exact) mass is 253 g/mol. The highest BCUT2D eigenvalue weighted by molar-refractivity contribution is 6.31. The first-order valence-corrected chi connectivity index (χ1v) is 6.75. The van der Waals surface area contributed by atoms with E-state index in [-0.39, 0.29) is 6.10 Å². The first-order valence-electron chi connectivity index (χ1n) is 6.38. The molecule has 0 aliphatic heterocycles. The summed E-state index contributed by atoms with van der Waals surface area (Å²) in [5, 5.41) is 13.9. The Hall–Kier alpha value is -0.570. The van der Waals surface area contributed by atoms with Crippen molar-refractivity contribution in [3.8, 4) is 0 Å². The van der Waals surface area contributed by atoms with Crippen LogP contribution in [0, 0.1) is 5.92 Å². The zero-order chi connectivity index (χ0) is 12.1. The second-order valence-corrected chi connectivity index (χ2v) is 5.32. The Morgan fingerprint density at radius 1 is 1.29 bits per heavy atom. The summed E-state index contributed by atoms with van der Waals surface area (Å²) in [6, 6.07) is 7.92. The molecule has 1 aromatic rings. The second-order valence-electron chi connectivity index (χ2n) is 4.91. The lowest BCUT2D eigenvalue weighted by atomic mass is 9.87. The molecule has 1 aliphatic carbocycles. The van der Waals surface area contributed by atoms with Crippen LogP contribution in [0.5, 0.6) is 0 Å². The van der Waals surface area contributed by atoms with Gasteiger partial charge in [0.05, 0.1) is 6.10 Å². The molecule has 1 saturated carbocycles. The van der Waals surface area contributed by atoms with Gasteiger partial charge < -0.3 is 10.4 Å². The number of benzene rings is 1. The van der Waals surface area contributed by atoms with Gasteiger partial charge in [-0.15, -0.1) is 0 Å². The van der Waals surface area contributed by atoms with E-state index in [1.807, 2.05) is 24.3 Å². The van der Waals surface area contributed by atoms with E-state index in [9.17, 15) is 5.11 Å². The standard InChI is InChI=1S/C14H20ClNO/c15-14-7-2-1-5-12(14)10-16-9-11-4-3-6-13(17)8-11/h1-2,5,7,11,13,16-17H,3-4,6,8-10H2. The highest BCUT2D eigenvalue weighted by Gasteiger charge is 2.19. The largest absolute Gasteiger partial charge is 0.393 e. The molecule has 3 heteroatoms. The molecule has 0 bridgehead atoms. The van der Waals surface area contributed by atoms with Crippen molar-refractivity contribution in [3.05, 3.63) is 34.9 Å². The molecule has 1 fully saturated rings. The number of aliphatic hydroxyl groups excluding tert-OH is 1. The van der Waals surface area contributed by atoms with Gasteiger partial charge in [-0.25, -0.2) is 0 Å². The Morgan fingerprint density at radius 2 is 2.12 bits per heavy atom. The third-order valence-electron chi connectivity index (χ3n) is 3.46. The highest BCUT2D eigenvalue weighted by Crippen LogP contribution is 2.23. The van der Waals surface area contributed by atoms with Crippen LogP contribution < -0.4 is 5.32 Å². The first-order chi connectivity index (χ1) is 8.25. The molecule has 2 unspecified atom stereocenters. The van der Waals surface area contributed by atoms with Crippen LogP contribution in [0.15, 0.2) is 24.3 Å². The van der Waals surface area contributed by atoms with Crippen molar-refractivity contribution in [2.45, 2.75) is 38.3 Å². The molecule has 2 nitrogen and oxygen atoms in total. The molecule has 1 aromatic carbocycles. The molecule has 17 heavy (non-hydrogen) atoms. The van der Waals surface area contributed by atoms with Crippen molar-refractivity contribution >= 4 is 11.6 Å². The van der Waals surface area contributed by atoms with Crippen molar-refractivity contribution in [1.29, 1.82) is 0 Å². The van der Waals surface area contributed by atoms with Crippen molar-refractivity contribution in [1.82, 2.24) is 5.32 Å². The predicted octanol–water partition coefficient (Wildman–Crippen LogP) is 2.98. The summed E-state index contributed by atoms with van der Waals surface area (Å²) in [5.74, 6) is 0.612. The van der Waals surface area contributed by atoms with Gasteiger partial charge in [0.15, 0.2) is 0 Å². The van der Waals surface area contributed by atoms with E-state index in [2.05, 4.69) is 5.32 Å². The molecule has 2 atom stereocenters. The molecule has 0 spiro atoms. The van der Waals surface area contributed by atoms with Crippen LogP contribution in [0.25, 0.3) is 0 Å². The van der Waals surface area contributed by atoms with Crippen LogP contribution in [-0.2, 0) is 6.54 Å². The van der Waals surface area contributed by atoms with Crippen molar-refractivity contribution in [3.63, 3.8) is 0 Å². The minimum atomic E-state index is -0.0872. The lowest BCUT2D eigenvalue weighted by Crippen LogP contribution is -2.28. The Kier molecular flexibility index (Phi) is 4.84. The van der Waals surface area contributed by atoms with Gasteiger partial charge in [-0.05, 0) is 43.4 Å². The normalized spacial score (nSPS) is 24.8. The number of hydrogen-bond donors (Lipinski definition) is 2. The zero-order valence-electron chi connectivity index (χ0n) is 10.0. The first kappa shape index (κ1) is 12.9. The summed E-state index contributed by atoms with van der Waals surface area (Å²) in [7, 11) is 0. The average Bonchev–Trinajstić information content (AvgIpc) is 2.32. The molecular formula is C14H20ClNO. The van der Waals surface area contributed by atoms with Gasteiger partial charge in [-0.1, -0.05) is 36.2 Å². The van der Waals surface area contributed by atoms with Gasteiger partial charge in [0.25, 0.3) is 0 Å². The summed E-state index contributed by atoms with van der Waals surface area (Å²) < 4.78 is 0. The quantitative estimate of drug-likeness (QED) is 0.865. The fourth-order valence-electron chi connectivity index (χ4n) is 2.50. The maximum Gasteiger partial charge on any atom is 0.0543 e. The SMILES string of the molecule is OC1CCCC(CNCc2ccccc2Cl)C1. The molecule has 2 rings (SSSR count). The van der Waals surface area contributed by atoms with Gasteiger partial charge in [-0.3, -0.25) is 0 Å². The van der Waals surface area contributed by atoms with Crippen LogP contribution in [0.3, 0.4) is 0 Å². The topological polar surface area (TPSA) is 32.3 Å². The van der Waals surface area contributed by atoms with Gasteiger partial charge in [-0.2, -0.15) is 0 Å². The lowest BCUT2D eigenvalue weighted by Gasteiger charge is -2.26. The van der Waals surface area contributed by atoms with E-state index >= 15 is 0 Å². The molecule has 2 N–H and O–H groups in total. The van der Waals surface area contributed by atoms with Crippen LogP contribution in [0.4, 0.5) is 0 Å². The number of nitrogens with one attached hydrogen (secondary N) is 1. The van der Waals surface area contributed by atoms with Gasteiger partial charge in [0, 0.05) is 11.6 Å². The van der Waals surface area contributed by atoms with Crippen LogP contribution in [0.1, 0.15) is 31.2 Å². The maximum atomic E-state index is 9.59. The fourth-order valence-corrected chi connectivity index (χ4v) is 2.70. The van der Waals surface area contributed by atoms with Crippen LogP contribution >= 0.6 is 11.6 Å². The Bertz CT molecular complexity index is 356. The molecule has 94 valence electrons. The molecule has 0 saturated heterocycles. The minimum Gasteiger partial charge on any atom is -0.393 e. The molecule has 0 aromatic heterocycles. The van der Waals surface area contributed by atoms with Gasteiger partial charge in [0.1, 0.15) is 0 Å². The Labute approximate surface area is 108 Å². The molecular weight excluding hydrogens is 234 g/mol. The Balaban J connectivity index is 1.74. The molecule has 0 heterocycles. The van der Waals surface area contributed by atoms with E-state index in [1.165, 1.54) is 6.42 Å². The summed E-state index contributed by atoms with van der Waals surface area (Å²) in [5.41, 5.74) is 1.14. The fraction of sp³-hybridized carbons (Fsp3) is 0.571. The summed E-state index contributed by atoms with van der Waals surface area (Å²) in [4.78, 5) is 0. The number of hydrogen-bond acceptors (Lipinski definition) is 2. The van der Waals surface area contributed by atoms with E-state index in [0.717, 1.165) is 42.9 Å². The van der Waals surface area contributed by atoms with E-state index in [0.29, 0.717) is 5.92 Å². The smallest absolute Gasteiger partial charge is 0.0543 e. The number of aliphatic hydroxyl groups is 1. The second kappa shape index (κ2) is 6.39. The average molecular weight is 254 g/mol. The van der Waals surface area contributed by atoms with E-state index < -0.39 is 0 Å². The molecule has 1 aliphatic rings. The van der Waals surface area contributed by atoms with Gasteiger partial charge >= 0.3 is 0 Å². The third-order valence-corrected chi connectivity index (χ3v) is 3.83. The van der Waals surface area contributed by atoms with Gasteiger partial charge in [0.2, 0.25) is 0 Å². The summed E-state index contributed by atoms with van der Waals surface area (Å²) >= 11 is 6.09. The number of halogens is 1. The zero-order valence-corrected chi connectivity index (χ0v) is 10.8. The van der Waals surface area contributed by atoms with Crippen molar-refractivity contribution in [2.75, 3.05) is 6.54 Å². The maximum absolute atomic E-state index is 9.59. The minimum absolute atomic E-state index is 0.0872. The Morgan fingerprint density at radius 3 is 2.88 bits per heavy atom. The van der Waals surface area contributed by atoms with E-state index in [1.54, 1.807) is 0 Å². The highest BCUT2D eigenvalue weighted by atomic mass is 35.5. The molecule has 0 amide bonds. The summed E-state index contributed by atoms with van der Waals surface area (Å²) in [6.07, 6.45) is 4.21. The van der Waals surface area contributed by atoms with Crippen molar-refractivity contribution < 1.29 is 5.11 Å². The van der Waals surface area contributed by atoms with Crippen LogP contribution in [-0.4, -0.2) is 17.8 Å². The third kappa shape index (κ3) is 3.98. The van der Waals surface area contributed by atoms with Crippen LogP contribution in [0.2, 0.25) is 5.02 Å². The number of rotatable bonds is 4. The van der Waals surface area contributed by atoms with Crippen molar-refractivity contribution in [2.24, 2.45) is 5.92 Å². The summed E-state index contributed by atoms with van der Waals surface area (Å²) in [6.45, 7) is 1.79. The predicted molar refractivity (Wildman–Crippen MR) is 71.1 cm³/mol. The van der Waals surface area contributed by atoms with E-state index in [4.69, 9.17) is 11.6 Å².